The highest BCUT2D eigenvalue weighted by Gasteiger charge is 2.18. The van der Waals surface area contributed by atoms with E-state index in [0.29, 0.717) is 34.6 Å². The van der Waals surface area contributed by atoms with Crippen LogP contribution in [-0.4, -0.2) is 26.2 Å². The molecule has 0 aliphatic heterocycles. The molecule has 0 saturated carbocycles. The average molecular weight is 441 g/mol. The molecule has 130 valence electrons. The maximum Gasteiger partial charge on any atom is 0.267 e. The minimum Gasteiger partial charge on any atom is -0.489 e. The molecule has 0 aliphatic carbocycles. The van der Waals surface area contributed by atoms with Crippen molar-refractivity contribution in [2.24, 2.45) is 0 Å². The van der Waals surface area contributed by atoms with Gasteiger partial charge in [0, 0.05) is 26.7 Å². The number of anilines is 1. The quantitative estimate of drug-likeness (QED) is 0.508. The van der Waals surface area contributed by atoms with Gasteiger partial charge in [-0.2, -0.15) is 0 Å². The fourth-order valence-electron chi connectivity index (χ4n) is 2.30. The second kappa shape index (κ2) is 8.19. The summed E-state index contributed by atoms with van der Waals surface area (Å²) < 4.78 is 12.5. The van der Waals surface area contributed by atoms with Crippen molar-refractivity contribution < 1.29 is 14.3 Å². The zero-order valence-corrected chi connectivity index (χ0v) is 16.5. The van der Waals surface area contributed by atoms with Crippen LogP contribution in [0.25, 0.3) is 10.1 Å². The number of benzene rings is 2. The molecule has 3 rings (SSSR count). The van der Waals surface area contributed by atoms with Gasteiger partial charge in [-0.3, -0.25) is 4.79 Å². The summed E-state index contributed by atoms with van der Waals surface area (Å²) in [6.45, 7) is 0.839. The Labute approximate surface area is 162 Å². The number of fused-ring (bicyclic) bond motifs is 1. The number of thiophene rings is 1. The molecule has 4 nitrogen and oxygen atoms in total. The molecule has 25 heavy (non-hydrogen) atoms. The van der Waals surface area contributed by atoms with Gasteiger partial charge < -0.3 is 14.8 Å². The molecule has 1 heterocycles. The van der Waals surface area contributed by atoms with Crippen LogP contribution in [0.5, 0.6) is 5.75 Å². The first-order chi connectivity index (χ1) is 12.1. The number of ether oxygens (including phenoxy) is 2. The van der Waals surface area contributed by atoms with Crippen molar-refractivity contribution in [3.05, 3.63) is 56.8 Å². The van der Waals surface area contributed by atoms with Gasteiger partial charge in [0.15, 0.2) is 0 Å². The Morgan fingerprint density at radius 1 is 1.24 bits per heavy atom. The van der Waals surface area contributed by atoms with E-state index in [-0.39, 0.29) is 5.91 Å². The third-order valence-corrected chi connectivity index (χ3v) is 5.97. The van der Waals surface area contributed by atoms with Gasteiger partial charge in [0.25, 0.3) is 5.91 Å². The van der Waals surface area contributed by atoms with Crippen molar-refractivity contribution in [1.29, 1.82) is 0 Å². The van der Waals surface area contributed by atoms with Crippen LogP contribution in [-0.2, 0) is 4.74 Å². The summed E-state index contributed by atoms with van der Waals surface area (Å²) in [4.78, 5) is 13.3. The number of rotatable bonds is 6. The number of nitrogens with one attached hydrogen (secondary N) is 1. The highest BCUT2D eigenvalue weighted by atomic mass is 79.9. The SMILES string of the molecule is COCCOc1ccc(Cl)cc1NC(=O)c1sc2ccccc2c1Br. The van der Waals surface area contributed by atoms with E-state index in [4.69, 9.17) is 21.1 Å². The minimum atomic E-state index is -0.216. The first kappa shape index (κ1) is 18.2. The third kappa shape index (κ3) is 4.15. The second-order valence-electron chi connectivity index (χ2n) is 5.18. The van der Waals surface area contributed by atoms with Crippen LogP contribution < -0.4 is 10.1 Å². The number of carbonyl (C=O) groups is 1. The molecule has 7 heteroatoms. The third-order valence-electron chi connectivity index (χ3n) is 3.48. The Morgan fingerprint density at radius 3 is 2.80 bits per heavy atom. The Bertz CT molecular complexity index is 912. The lowest BCUT2D eigenvalue weighted by Gasteiger charge is -2.12. The molecule has 0 unspecified atom stereocenters. The standard InChI is InChI=1S/C18H15BrClNO3S/c1-23-8-9-24-14-7-6-11(20)10-13(14)21-18(22)17-16(19)12-4-2-3-5-15(12)25-17/h2-7,10H,8-9H2,1H3,(H,21,22). The molecule has 2 aromatic carbocycles. The van der Waals surface area contributed by atoms with Gasteiger partial charge in [0.1, 0.15) is 17.2 Å². The molecule has 0 aliphatic rings. The zero-order chi connectivity index (χ0) is 17.8. The largest absolute Gasteiger partial charge is 0.489 e. The van der Waals surface area contributed by atoms with Gasteiger partial charge in [0.2, 0.25) is 0 Å². The molecule has 0 saturated heterocycles. The molecule has 0 spiro atoms. The van der Waals surface area contributed by atoms with Crippen LogP contribution in [0.2, 0.25) is 5.02 Å². The van der Waals surface area contributed by atoms with Crippen molar-refractivity contribution in [1.82, 2.24) is 0 Å². The van der Waals surface area contributed by atoms with Crippen LogP contribution in [0.4, 0.5) is 5.69 Å². The molecule has 0 bridgehead atoms. The molecular formula is C18H15BrClNO3S. The number of amides is 1. The van der Waals surface area contributed by atoms with Crippen LogP contribution in [0.1, 0.15) is 9.67 Å². The Balaban J connectivity index is 1.86. The molecule has 3 aromatic rings. The van der Waals surface area contributed by atoms with Crippen LogP contribution >= 0.6 is 38.9 Å². The average Bonchev–Trinajstić information content (AvgIpc) is 2.94. The number of hydrogen-bond acceptors (Lipinski definition) is 4. The lowest BCUT2D eigenvalue weighted by Crippen LogP contribution is -2.13. The molecule has 0 radical (unpaired) electrons. The second-order valence-corrected chi connectivity index (χ2v) is 7.46. The monoisotopic (exact) mass is 439 g/mol. The van der Waals surface area contributed by atoms with E-state index in [1.165, 1.54) is 11.3 Å². The predicted molar refractivity (Wildman–Crippen MR) is 106 cm³/mol. The summed E-state index contributed by atoms with van der Waals surface area (Å²) in [7, 11) is 1.60. The van der Waals surface area contributed by atoms with E-state index in [9.17, 15) is 4.79 Å². The summed E-state index contributed by atoms with van der Waals surface area (Å²) in [5.74, 6) is 0.332. The first-order valence-corrected chi connectivity index (χ1v) is 9.48. The maximum atomic E-state index is 12.7. The van der Waals surface area contributed by atoms with Crippen LogP contribution in [0, 0.1) is 0 Å². The highest BCUT2D eigenvalue weighted by molar-refractivity contribution is 9.10. The zero-order valence-electron chi connectivity index (χ0n) is 13.3. The summed E-state index contributed by atoms with van der Waals surface area (Å²) in [5.41, 5.74) is 0.526. The fourth-order valence-corrected chi connectivity index (χ4v) is 4.36. The molecule has 1 amide bonds. The Morgan fingerprint density at radius 2 is 2.04 bits per heavy atom. The minimum absolute atomic E-state index is 0.216. The van der Waals surface area contributed by atoms with E-state index in [1.807, 2.05) is 24.3 Å². The Hall–Kier alpha value is -1.60. The number of hydrogen-bond donors (Lipinski definition) is 1. The van der Waals surface area contributed by atoms with Crippen molar-refractivity contribution in [2.45, 2.75) is 0 Å². The fraction of sp³-hybridized carbons (Fsp3) is 0.167. The van der Waals surface area contributed by atoms with Crippen molar-refractivity contribution in [3.8, 4) is 5.75 Å². The van der Waals surface area contributed by atoms with E-state index >= 15 is 0 Å². The van der Waals surface area contributed by atoms with Crippen LogP contribution in [0.15, 0.2) is 46.9 Å². The molecule has 0 atom stereocenters. The lowest BCUT2D eigenvalue weighted by molar-refractivity contribution is 0.102. The van der Waals surface area contributed by atoms with Crippen molar-refractivity contribution in [3.63, 3.8) is 0 Å². The van der Waals surface area contributed by atoms with Gasteiger partial charge in [0.05, 0.1) is 12.3 Å². The van der Waals surface area contributed by atoms with Gasteiger partial charge in [-0.25, -0.2) is 0 Å². The highest BCUT2D eigenvalue weighted by Crippen LogP contribution is 2.36. The number of carbonyl (C=O) groups excluding carboxylic acids is 1. The van der Waals surface area contributed by atoms with Gasteiger partial charge in [-0.1, -0.05) is 29.8 Å². The van der Waals surface area contributed by atoms with E-state index < -0.39 is 0 Å². The number of halogens is 2. The van der Waals surface area contributed by atoms with Crippen molar-refractivity contribution in [2.75, 3.05) is 25.6 Å². The summed E-state index contributed by atoms with van der Waals surface area (Å²) in [6.07, 6.45) is 0. The lowest BCUT2D eigenvalue weighted by atomic mass is 10.2. The van der Waals surface area contributed by atoms with Gasteiger partial charge in [-0.15, -0.1) is 11.3 Å². The first-order valence-electron chi connectivity index (χ1n) is 7.50. The molecule has 1 aromatic heterocycles. The number of methoxy groups -OCH3 is 1. The molecule has 0 fully saturated rings. The van der Waals surface area contributed by atoms with E-state index in [0.717, 1.165) is 14.6 Å². The molecular weight excluding hydrogens is 426 g/mol. The van der Waals surface area contributed by atoms with E-state index in [1.54, 1.807) is 25.3 Å². The summed E-state index contributed by atoms with van der Waals surface area (Å²) in [5, 5.41) is 4.42. The Kier molecular flexibility index (Phi) is 5.96. The van der Waals surface area contributed by atoms with Gasteiger partial charge >= 0.3 is 0 Å². The van der Waals surface area contributed by atoms with E-state index in [2.05, 4.69) is 21.2 Å². The smallest absolute Gasteiger partial charge is 0.267 e. The summed E-state index contributed by atoms with van der Waals surface area (Å²) >= 11 is 11.0. The van der Waals surface area contributed by atoms with Crippen LogP contribution in [0.3, 0.4) is 0 Å². The maximum absolute atomic E-state index is 12.7. The van der Waals surface area contributed by atoms with Gasteiger partial charge in [-0.05, 0) is 40.2 Å². The predicted octanol–water partition coefficient (Wildman–Crippen LogP) is 5.59. The normalized spacial score (nSPS) is 10.8. The molecule has 1 N–H and O–H groups in total. The topological polar surface area (TPSA) is 47.6 Å². The summed E-state index contributed by atoms with van der Waals surface area (Å²) in [6, 6.07) is 13.0. The van der Waals surface area contributed by atoms with Crippen molar-refractivity contribution >= 4 is 60.5 Å².